The average molecular weight is 187 g/mol. The van der Waals surface area contributed by atoms with Gasteiger partial charge >= 0.3 is 0 Å². The van der Waals surface area contributed by atoms with Crippen molar-refractivity contribution in [1.82, 2.24) is 10.2 Å². The van der Waals surface area contributed by atoms with Crippen LogP contribution in [-0.2, 0) is 6.42 Å². The lowest BCUT2D eigenvalue weighted by Gasteiger charge is -1.92. The Balaban J connectivity index is 2.29. The number of fused-ring (bicyclic) bond motifs is 1. The molecule has 14 heavy (non-hydrogen) atoms. The molecule has 0 atom stereocenters. The number of aromatic nitrogens is 2. The summed E-state index contributed by atoms with van der Waals surface area (Å²) in [5, 5.41) is 11.7. The number of aromatic amines is 1. The number of benzene rings is 1. The molecule has 0 unspecified atom stereocenters. The fraction of sp³-hybridized carbons (Fsp3) is 0.222. The van der Waals surface area contributed by atoms with Crippen LogP contribution in [0.4, 0.5) is 0 Å². The Hall–Kier alpha value is -2.00. The maximum absolute atomic E-state index is 8.14. The molecule has 0 bridgehead atoms. The second kappa shape index (κ2) is 3.81. The molecule has 0 radical (unpaired) electrons. The van der Waals surface area contributed by atoms with Crippen LogP contribution in [0.5, 0.6) is 0 Å². The fourth-order valence-corrected chi connectivity index (χ4v) is 1.41. The lowest BCUT2D eigenvalue weighted by atomic mass is 10.2. The van der Waals surface area contributed by atoms with E-state index in [2.05, 4.69) is 20.2 Å². The molecule has 5 nitrogen and oxygen atoms in total. The summed E-state index contributed by atoms with van der Waals surface area (Å²) in [6.45, 7) is 0.461. The molecule has 0 fully saturated rings. The van der Waals surface area contributed by atoms with E-state index in [0.717, 1.165) is 16.6 Å². The first kappa shape index (κ1) is 8.59. The van der Waals surface area contributed by atoms with Crippen LogP contribution >= 0.6 is 0 Å². The van der Waals surface area contributed by atoms with Crippen LogP contribution in [0.3, 0.4) is 0 Å². The highest BCUT2D eigenvalue weighted by Crippen LogP contribution is 2.15. The maximum Gasteiger partial charge on any atom is 0.0923 e. The average Bonchev–Trinajstić information content (AvgIpc) is 2.63. The molecule has 70 valence electrons. The third kappa shape index (κ3) is 1.53. The molecule has 1 heterocycles. The molecule has 1 aromatic heterocycles. The van der Waals surface area contributed by atoms with E-state index in [1.165, 1.54) is 0 Å². The van der Waals surface area contributed by atoms with E-state index >= 15 is 0 Å². The van der Waals surface area contributed by atoms with Gasteiger partial charge in [-0.25, -0.2) is 0 Å². The minimum Gasteiger partial charge on any atom is -0.281 e. The van der Waals surface area contributed by atoms with Crippen molar-refractivity contribution < 1.29 is 0 Å². The highest BCUT2D eigenvalue weighted by molar-refractivity contribution is 5.81. The van der Waals surface area contributed by atoms with Crippen molar-refractivity contribution in [2.75, 3.05) is 6.54 Å². The first-order valence-corrected chi connectivity index (χ1v) is 4.34. The first-order chi connectivity index (χ1) is 6.92. The van der Waals surface area contributed by atoms with Crippen LogP contribution in [0.2, 0.25) is 0 Å². The number of H-pyrrole nitrogens is 1. The predicted molar refractivity (Wildman–Crippen MR) is 53.8 cm³/mol. The van der Waals surface area contributed by atoms with Crippen molar-refractivity contribution in [2.45, 2.75) is 6.42 Å². The Kier molecular flexibility index (Phi) is 2.34. The smallest absolute Gasteiger partial charge is 0.0923 e. The third-order valence-corrected chi connectivity index (χ3v) is 2.07. The Morgan fingerprint density at radius 2 is 2.29 bits per heavy atom. The lowest BCUT2D eigenvalue weighted by Crippen LogP contribution is -1.89. The van der Waals surface area contributed by atoms with Gasteiger partial charge in [0.25, 0.3) is 0 Å². The molecule has 2 aromatic rings. The molecule has 0 saturated carbocycles. The van der Waals surface area contributed by atoms with Gasteiger partial charge in [0.05, 0.1) is 5.52 Å². The highest BCUT2D eigenvalue weighted by Gasteiger charge is 2.02. The normalized spacial score (nSPS) is 10.0. The number of rotatable bonds is 3. The van der Waals surface area contributed by atoms with Crippen LogP contribution in [0, 0.1) is 0 Å². The molecular weight excluding hydrogens is 178 g/mol. The van der Waals surface area contributed by atoms with E-state index < -0.39 is 0 Å². The molecule has 0 aliphatic heterocycles. The van der Waals surface area contributed by atoms with E-state index in [0.29, 0.717) is 13.0 Å². The van der Waals surface area contributed by atoms with Crippen LogP contribution in [0.25, 0.3) is 21.3 Å². The van der Waals surface area contributed by atoms with Crippen LogP contribution in [0.15, 0.2) is 29.4 Å². The van der Waals surface area contributed by atoms with Crippen LogP contribution in [0.1, 0.15) is 5.69 Å². The van der Waals surface area contributed by atoms with Gasteiger partial charge in [-0.1, -0.05) is 23.3 Å². The van der Waals surface area contributed by atoms with Gasteiger partial charge in [0, 0.05) is 22.5 Å². The molecule has 1 N–H and O–H groups in total. The van der Waals surface area contributed by atoms with Crippen molar-refractivity contribution in [2.24, 2.45) is 5.11 Å². The lowest BCUT2D eigenvalue weighted by molar-refractivity contribution is 0.902. The van der Waals surface area contributed by atoms with Crippen molar-refractivity contribution in [3.05, 3.63) is 40.4 Å². The van der Waals surface area contributed by atoms with Crippen LogP contribution in [-0.4, -0.2) is 16.7 Å². The molecule has 0 aliphatic carbocycles. The monoisotopic (exact) mass is 187 g/mol. The third-order valence-electron chi connectivity index (χ3n) is 2.07. The van der Waals surface area contributed by atoms with Crippen molar-refractivity contribution in [1.29, 1.82) is 0 Å². The number of nitrogens with one attached hydrogen (secondary N) is 1. The number of azide groups is 1. The molecular formula is C9H9N5. The minimum absolute atomic E-state index is 0.461. The van der Waals surface area contributed by atoms with Crippen molar-refractivity contribution in [3.63, 3.8) is 0 Å². The zero-order chi connectivity index (χ0) is 9.80. The summed E-state index contributed by atoms with van der Waals surface area (Å²) in [6.07, 6.45) is 0.699. The number of nitrogens with zero attached hydrogens (tertiary/aromatic N) is 4. The zero-order valence-electron chi connectivity index (χ0n) is 7.51. The van der Waals surface area contributed by atoms with Gasteiger partial charge in [0.2, 0.25) is 0 Å². The Labute approximate surface area is 80.4 Å². The number of hydrogen-bond acceptors (Lipinski definition) is 2. The molecule has 0 spiro atoms. The Morgan fingerprint density at radius 1 is 1.43 bits per heavy atom. The summed E-state index contributed by atoms with van der Waals surface area (Å²) >= 11 is 0. The SMILES string of the molecule is [N-]=[N+]=NCCc1[nH]nc2ccccc12. The van der Waals surface area contributed by atoms with E-state index in [-0.39, 0.29) is 0 Å². The van der Waals surface area contributed by atoms with Gasteiger partial charge in [0.1, 0.15) is 0 Å². The summed E-state index contributed by atoms with van der Waals surface area (Å²) in [5.74, 6) is 0. The van der Waals surface area contributed by atoms with Crippen molar-refractivity contribution >= 4 is 10.9 Å². The van der Waals surface area contributed by atoms with Gasteiger partial charge < -0.3 is 0 Å². The second-order valence-corrected chi connectivity index (χ2v) is 2.92. The minimum atomic E-state index is 0.461. The predicted octanol–water partition coefficient (Wildman–Crippen LogP) is 2.42. The quantitative estimate of drug-likeness (QED) is 0.447. The summed E-state index contributed by atoms with van der Waals surface area (Å²) in [7, 11) is 0. The molecule has 5 heteroatoms. The highest BCUT2D eigenvalue weighted by atomic mass is 15.1. The van der Waals surface area contributed by atoms with Gasteiger partial charge in [-0.15, -0.1) is 0 Å². The molecule has 2 rings (SSSR count). The largest absolute Gasteiger partial charge is 0.281 e. The summed E-state index contributed by atoms with van der Waals surface area (Å²) in [5.41, 5.74) is 10.1. The number of hydrogen-bond donors (Lipinski definition) is 1. The van der Waals surface area contributed by atoms with Gasteiger partial charge in [-0.2, -0.15) is 5.10 Å². The zero-order valence-corrected chi connectivity index (χ0v) is 7.51. The molecule has 0 saturated heterocycles. The molecule has 0 amide bonds. The van der Waals surface area contributed by atoms with Crippen molar-refractivity contribution in [3.8, 4) is 0 Å². The van der Waals surface area contributed by atoms with E-state index in [1.807, 2.05) is 24.3 Å². The van der Waals surface area contributed by atoms with Crippen LogP contribution < -0.4 is 0 Å². The Bertz CT molecular complexity index is 481. The topological polar surface area (TPSA) is 77.4 Å². The van der Waals surface area contributed by atoms with Gasteiger partial charge in [-0.3, -0.25) is 5.10 Å². The second-order valence-electron chi connectivity index (χ2n) is 2.92. The van der Waals surface area contributed by atoms with E-state index in [9.17, 15) is 0 Å². The molecule has 0 aliphatic rings. The van der Waals surface area contributed by atoms with E-state index in [1.54, 1.807) is 0 Å². The Morgan fingerprint density at radius 3 is 3.14 bits per heavy atom. The summed E-state index contributed by atoms with van der Waals surface area (Å²) in [6, 6.07) is 7.86. The standard InChI is InChI=1S/C9H9N5/c10-14-11-6-5-9-7-3-1-2-4-8(7)12-13-9/h1-4H,5-6H2,(H,12,13). The summed E-state index contributed by atoms with van der Waals surface area (Å²) < 4.78 is 0. The maximum atomic E-state index is 8.14. The van der Waals surface area contributed by atoms with Gasteiger partial charge in [0.15, 0.2) is 0 Å². The van der Waals surface area contributed by atoms with E-state index in [4.69, 9.17) is 5.53 Å². The number of para-hydroxylation sites is 1. The fourth-order valence-electron chi connectivity index (χ4n) is 1.41. The first-order valence-electron chi connectivity index (χ1n) is 4.34. The molecule has 1 aromatic carbocycles. The summed E-state index contributed by atoms with van der Waals surface area (Å²) in [4.78, 5) is 2.71. The van der Waals surface area contributed by atoms with Gasteiger partial charge in [-0.05, 0) is 18.0 Å².